The summed E-state index contributed by atoms with van der Waals surface area (Å²) in [6.07, 6.45) is 0.669. The molecule has 1 aliphatic heterocycles. The minimum Gasteiger partial charge on any atom is -0.497 e. The number of methoxy groups -OCH3 is 1. The summed E-state index contributed by atoms with van der Waals surface area (Å²) in [5, 5.41) is 0. The van der Waals surface area contributed by atoms with Crippen LogP contribution in [0.3, 0.4) is 0 Å². The highest BCUT2D eigenvalue weighted by Crippen LogP contribution is 2.32. The van der Waals surface area contributed by atoms with E-state index in [2.05, 4.69) is 0 Å². The van der Waals surface area contributed by atoms with Gasteiger partial charge in [-0.3, -0.25) is 4.79 Å². The summed E-state index contributed by atoms with van der Waals surface area (Å²) in [4.78, 5) is 13.3. The number of rotatable bonds is 2. The van der Waals surface area contributed by atoms with Crippen LogP contribution in [0.4, 0.5) is 0 Å². The summed E-state index contributed by atoms with van der Waals surface area (Å²) in [5.74, 6) is 0.812. The lowest BCUT2D eigenvalue weighted by Gasteiger charge is -2.20. The zero-order chi connectivity index (χ0) is 11.7. The molecule has 1 fully saturated rings. The van der Waals surface area contributed by atoms with Gasteiger partial charge in [0.15, 0.2) is 0 Å². The summed E-state index contributed by atoms with van der Waals surface area (Å²) >= 11 is 0. The molecule has 0 radical (unpaired) electrons. The third-order valence-corrected chi connectivity index (χ3v) is 3.09. The number of ether oxygens (including phenoxy) is 1. The fourth-order valence-corrected chi connectivity index (χ4v) is 2.12. The molecule has 4 nitrogen and oxygen atoms in total. The lowest BCUT2D eigenvalue weighted by molar-refractivity contribution is -0.128. The molecule has 1 heterocycles. The molecule has 1 amide bonds. The van der Waals surface area contributed by atoms with Gasteiger partial charge in [0, 0.05) is 7.05 Å². The first kappa shape index (κ1) is 11.0. The number of nitrogens with two attached hydrogens (primary N) is 1. The number of hydrogen-bond acceptors (Lipinski definition) is 3. The molecule has 2 rings (SSSR count). The molecule has 0 aromatic heterocycles. The van der Waals surface area contributed by atoms with Crippen LogP contribution in [-0.2, 0) is 4.79 Å². The Labute approximate surface area is 95.0 Å². The van der Waals surface area contributed by atoms with Gasteiger partial charge in [0.05, 0.1) is 19.2 Å². The molecule has 1 aromatic rings. The highest BCUT2D eigenvalue weighted by Gasteiger charge is 2.35. The van der Waals surface area contributed by atoms with Crippen LogP contribution >= 0.6 is 0 Å². The van der Waals surface area contributed by atoms with E-state index in [4.69, 9.17) is 10.5 Å². The Morgan fingerprint density at radius 3 is 2.81 bits per heavy atom. The van der Waals surface area contributed by atoms with Gasteiger partial charge in [0.2, 0.25) is 5.91 Å². The molecule has 0 saturated carbocycles. The van der Waals surface area contributed by atoms with E-state index in [9.17, 15) is 4.79 Å². The number of carbonyl (C=O) groups excluding carboxylic acids is 1. The van der Waals surface area contributed by atoms with E-state index in [0.717, 1.165) is 11.3 Å². The number of likely N-dealkylation sites (tertiary alicyclic amines) is 1. The van der Waals surface area contributed by atoms with Crippen molar-refractivity contribution in [1.82, 2.24) is 4.90 Å². The van der Waals surface area contributed by atoms with Crippen LogP contribution < -0.4 is 10.5 Å². The molecule has 1 aromatic carbocycles. The number of nitrogens with zero attached hydrogens (tertiary/aromatic N) is 1. The van der Waals surface area contributed by atoms with Crippen molar-refractivity contribution >= 4 is 5.91 Å². The topological polar surface area (TPSA) is 55.6 Å². The van der Waals surface area contributed by atoms with Crippen molar-refractivity contribution in [1.29, 1.82) is 0 Å². The predicted octanol–water partition coefficient (Wildman–Crippen LogP) is 0.926. The first-order chi connectivity index (χ1) is 7.63. The first-order valence-corrected chi connectivity index (χ1v) is 5.29. The van der Waals surface area contributed by atoms with Crippen molar-refractivity contribution < 1.29 is 9.53 Å². The van der Waals surface area contributed by atoms with Crippen molar-refractivity contribution in [2.24, 2.45) is 5.73 Å². The molecule has 4 heteroatoms. The van der Waals surface area contributed by atoms with Gasteiger partial charge in [-0.2, -0.15) is 0 Å². The summed E-state index contributed by atoms with van der Waals surface area (Å²) < 4.78 is 5.17. The Hall–Kier alpha value is -1.55. The van der Waals surface area contributed by atoms with Crippen LogP contribution in [0.25, 0.3) is 0 Å². The molecule has 0 aliphatic carbocycles. The number of benzene rings is 1. The molecule has 2 N–H and O–H groups in total. The van der Waals surface area contributed by atoms with E-state index < -0.39 is 0 Å². The van der Waals surface area contributed by atoms with Gasteiger partial charge in [-0.1, -0.05) is 12.1 Å². The minimum absolute atomic E-state index is 0.00724. The summed E-state index contributed by atoms with van der Waals surface area (Å²) in [6, 6.07) is 7.46. The van der Waals surface area contributed by atoms with Crippen molar-refractivity contribution in [3.05, 3.63) is 29.8 Å². The highest BCUT2D eigenvalue weighted by atomic mass is 16.5. The standard InChI is InChI=1S/C12H16N2O2/c1-14-11(7-10(13)12(14)15)8-4-3-5-9(6-8)16-2/h3-6,10-11H,7,13H2,1-2H3/t10-,11-/m0/s1. The van der Waals surface area contributed by atoms with Crippen molar-refractivity contribution in [3.8, 4) is 5.75 Å². The van der Waals surface area contributed by atoms with Crippen molar-refractivity contribution in [2.45, 2.75) is 18.5 Å². The number of amides is 1. The van der Waals surface area contributed by atoms with E-state index in [1.807, 2.05) is 24.3 Å². The Bertz CT molecular complexity index is 406. The minimum atomic E-state index is -0.374. The van der Waals surface area contributed by atoms with E-state index in [1.54, 1.807) is 19.1 Å². The number of carbonyl (C=O) groups is 1. The molecule has 0 bridgehead atoms. The van der Waals surface area contributed by atoms with Gasteiger partial charge in [0.1, 0.15) is 5.75 Å². The molecular weight excluding hydrogens is 204 g/mol. The van der Waals surface area contributed by atoms with Gasteiger partial charge in [0.25, 0.3) is 0 Å². The zero-order valence-electron chi connectivity index (χ0n) is 9.51. The van der Waals surface area contributed by atoms with Gasteiger partial charge < -0.3 is 15.4 Å². The Balaban J connectivity index is 2.27. The predicted molar refractivity (Wildman–Crippen MR) is 61.1 cm³/mol. The van der Waals surface area contributed by atoms with E-state index >= 15 is 0 Å². The maximum Gasteiger partial charge on any atom is 0.239 e. The Morgan fingerprint density at radius 1 is 1.50 bits per heavy atom. The number of hydrogen-bond donors (Lipinski definition) is 1. The van der Waals surface area contributed by atoms with Crippen LogP contribution in [0, 0.1) is 0 Å². The largest absolute Gasteiger partial charge is 0.497 e. The summed E-state index contributed by atoms with van der Waals surface area (Å²) in [6.45, 7) is 0. The molecule has 0 spiro atoms. The average Bonchev–Trinajstić information content (AvgIpc) is 2.57. The fraction of sp³-hybridized carbons (Fsp3) is 0.417. The quantitative estimate of drug-likeness (QED) is 0.806. The van der Waals surface area contributed by atoms with Crippen LogP contribution in [0.2, 0.25) is 0 Å². The lowest BCUT2D eigenvalue weighted by Crippen LogP contribution is -2.31. The molecule has 2 atom stereocenters. The zero-order valence-corrected chi connectivity index (χ0v) is 9.51. The fourth-order valence-electron chi connectivity index (χ4n) is 2.12. The van der Waals surface area contributed by atoms with E-state index in [1.165, 1.54) is 0 Å². The molecule has 1 aliphatic rings. The van der Waals surface area contributed by atoms with Crippen LogP contribution in [0.1, 0.15) is 18.0 Å². The van der Waals surface area contributed by atoms with Crippen LogP contribution in [-0.4, -0.2) is 31.0 Å². The summed E-state index contributed by atoms with van der Waals surface area (Å²) in [5.41, 5.74) is 6.82. The SMILES string of the molecule is COc1cccc([C@@H]2C[C@H](N)C(=O)N2C)c1. The van der Waals surface area contributed by atoms with Gasteiger partial charge in [-0.05, 0) is 24.1 Å². The lowest BCUT2D eigenvalue weighted by atomic mass is 10.0. The van der Waals surface area contributed by atoms with Crippen molar-refractivity contribution in [3.63, 3.8) is 0 Å². The summed E-state index contributed by atoms with van der Waals surface area (Å²) in [7, 11) is 3.42. The highest BCUT2D eigenvalue weighted by molar-refractivity contribution is 5.84. The maximum atomic E-state index is 11.6. The Morgan fingerprint density at radius 2 is 2.25 bits per heavy atom. The van der Waals surface area contributed by atoms with E-state index in [-0.39, 0.29) is 18.0 Å². The number of likely N-dealkylation sites (N-methyl/N-ethyl adjacent to an activating group) is 1. The van der Waals surface area contributed by atoms with E-state index in [0.29, 0.717) is 6.42 Å². The second kappa shape index (κ2) is 4.14. The molecule has 86 valence electrons. The first-order valence-electron chi connectivity index (χ1n) is 5.29. The van der Waals surface area contributed by atoms with Crippen molar-refractivity contribution in [2.75, 3.05) is 14.2 Å². The average molecular weight is 220 g/mol. The van der Waals surface area contributed by atoms with Gasteiger partial charge >= 0.3 is 0 Å². The second-order valence-corrected chi connectivity index (χ2v) is 4.08. The smallest absolute Gasteiger partial charge is 0.239 e. The normalized spacial score (nSPS) is 24.9. The molecule has 16 heavy (non-hydrogen) atoms. The molecule has 1 saturated heterocycles. The van der Waals surface area contributed by atoms with Crippen LogP contribution in [0.15, 0.2) is 24.3 Å². The monoisotopic (exact) mass is 220 g/mol. The Kier molecular flexibility index (Phi) is 2.83. The molecule has 0 unspecified atom stereocenters. The van der Waals surface area contributed by atoms with Gasteiger partial charge in [-0.25, -0.2) is 0 Å². The third kappa shape index (κ3) is 1.76. The molecular formula is C12H16N2O2. The second-order valence-electron chi connectivity index (χ2n) is 4.08. The maximum absolute atomic E-state index is 11.6. The van der Waals surface area contributed by atoms with Crippen LogP contribution in [0.5, 0.6) is 5.75 Å². The van der Waals surface area contributed by atoms with Gasteiger partial charge in [-0.15, -0.1) is 0 Å². The third-order valence-electron chi connectivity index (χ3n) is 3.09.